The van der Waals surface area contributed by atoms with E-state index in [0.29, 0.717) is 10.7 Å². The first-order valence-electron chi connectivity index (χ1n) is 11.9. The van der Waals surface area contributed by atoms with Crippen LogP contribution in [-0.2, 0) is 4.79 Å². The van der Waals surface area contributed by atoms with Gasteiger partial charge in [-0.3, -0.25) is 9.69 Å². The number of anilines is 1. The molecule has 0 radical (unpaired) electrons. The van der Waals surface area contributed by atoms with Gasteiger partial charge >= 0.3 is 6.03 Å². The molecular weight excluding hydrogens is 448 g/mol. The molecule has 0 bridgehead atoms. The van der Waals surface area contributed by atoms with Gasteiger partial charge in [0, 0.05) is 29.9 Å². The van der Waals surface area contributed by atoms with Crippen LogP contribution in [0.1, 0.15) is 25.7 Å². The molecule has 4 aliphatic rings. The Morgan fingerprint density at radius 1 is 1.15 bits per heavy atom. The summed E-state index contributed by atoms with van der Waals surface area (Å²) in [5.74, 6) is 0.496. The van der Waals surface area contributed by atoms with Crippen molar-refractivity contribution in [2.45, 2.75) is 49.2 Å². The predicted octanol–water partition coefficient (Wildman–Crippen LogP) is 2.54. The zero-order chi connectivity index (χ0) is 23.2. The van der Waals surface area contributed by atoms with Crippen molar-refractivity contribution in [3.05, 3.63) is 59.3 Å². The molecule has 3 fully saturated rings. The third kappa shape index (κ3) is 3.68. The van der Waals surface area contributed by atoms with Gasteiger partial charge in [-0.2, -0.15) is 0 Å². The Hall–Kier alpha value is -2.88. The van der Waals surface area contributed by atoms with Gasteiger partial charge in [-0.05, 0) is 55.5 Å². The molecule has 8 nitrogen and oxygen atoms in total. The number of pyridine rings is 1. The van der Waals surface area contributed by atoms with Crippen LogP contribution < -0.4 is 26.6 Å². The molecule has 2 saturated heterocycles. The molecule has 9 heteroatoms. The fourth-order valence-corrected chi connectivity index (χ4v) is 7.05. The maximum absolute atomic E-state index is 13.4. The second-order valence-corrected chi connectivity index (χ2v) is 10.5. The largest absolute Gasteiger partial charge is 0.347 e. The first kappa shape index (κ1) is 21.6. The average Bonchev–Trinajstić information content (AvgIpc) is 3.44. The summed E-state index contributed by atoms with van der Waals surface area (Å²) in [6.45, 7) is 0.774. The van der Waals surface area contributed by atoms with Gasteiger partial charge in [0.15, 0.2) is 0 Å². The molecule has 1 aromatic heterocycles. The fraction of sp³-hybridized carbons (Fsp3) is 0.400. The van der Waals surface area contributed by atoms with E-state index in [1.807, 2.05) is 42.5 Å². The Balaban J connectivity index is 1.31. The van der Waals surface area contributed by atoms with Gasteiger partial charge in [0.2, 0.25) is 0 Å². The molecule has 5 atom stereocenters. The number of hydrogen-bond acceptors (Lipinski definition) is 6. The van der Waals surface area contributed by atoms with Crippen molar-refractivity contribution in [2.75, 3.05) is 11.4 Å². The van der Waals surface area contributed by atoms with E-state index in [0.717, 1.165) is 49.1 Å². The van der Waals surface area contributed by atoms with Crippen molar-refractivity contribution >= 4 is 29.5 Å². The number of urea groups is 1. The Morgan fingerprint density at radius 3 is 2.79 bits per heavy atom. The van der Waals surface area contributed by atoms with Gasteiger partial charge in [0.05, 0.1) is 16.3 Å². The number of benzene rings is 1. The van der Waals surface area contributed by atoms with Crippen LogP contribution >= 0.6 is 11.8 Å². The minimum atomic E-state index is -0.236. The molecule has 1 aromatic carbocycles. The number of amides is 3. The third-order valence-corrected chi connectivity index (χ3v) is 8.69. The molecule has 0 spiro atoms. The van der Waals surface area contributed by atoms with E-state index in [1.165, 1.54) is 11.8 Å². The molecule has 4 heterocycles. The average molecular weight is 477 g/mol. The Morgan fingerprint density at radius 2 is 2.00 bits per heavy atom. The molecule has 3 aliphatic heterocycles. The molecule has 3 unspecified atom stereocenters. The quantitative estimate of drug-likeness (QED) is 0.540. The highest BCUT2D eigenvalue weighted by molar-refractivity contribution is 8.04. The maximum Gasteiger partial charge on any atom is 0.327 e. The molecule has 34 heavy (non-hydrogen) atoms. The minimum Gasteiger partial charge on any atom is -0.347 e. The first-order chi connectivity index (χ1) is 16.6. The minimum absolute atomic E-state index is 0.00312. The van der Waals surface area contributed by atoms with Crippen LogP contribution in [0.4, 0.5) is 10.6 Å². The van der Waals surface area contributed by atoms with Crippen molar-refractivity contribution < 1.29 is 9.59 Å². The number of nitrogens with zero attached hydrogens (tertiary/aromatic N) is 2. The van der Waals surface area contributed by atoms with Crippen LogP contribution in [0.5, 0.6) is 0 Å². The molecule has 1 aliphatic carbocycles. The van der Waals surface area contributed by atoms with Crippen molar-refractivity contribution in [1.82, 2.24) is 20.9 Å². The topological polar surface area (TPSA) is 112 Å². The number of nitrogens with one attached hydrogen (secondary N) is 3. The summed E-state index contributed by atoms with van der Waals surface area (Å²) in [6.07, 6.45) is 5.40. The van der Waals surface area contributed by atoms with Gasteiger partial charge in [-0.15, -0.1) is 0 Å². The van der Waals surface area contributed by atoms with Crippen LogP contribution in [0.3, 0.4) is 0 Å². The fourth-order valence-electron chi connectivity index (χ4n) is 5.65. The molecule has 5 N–H and O–H groups in total. The van der Waals surface area contributed by atoms with Crippen LogP contribution in [0, 0.1) is 5.92 Å². The molecule has 1 saturated carbocycles. The van der Waals surface area contributed by atoms with Gasteiger partial charge < -0.3 is 21.7 Å². The highest BCUT2D eigenvalue weighted by Crippen LogP contribution is 2.48. The van der Waals surface area contributed by atoms with E-state index in [-0.39, 0.29) is 41.4 Å². The number of rotatable bonds is 4. The number of aromatic nitrogens is 1. The summed E-state index contributed by atoms with van der Waals surface area (Å²) in [5.41, 5.74) is 8.99. The van der Waals surface area contributed by atoms with Crippen LogP contribution in [-0.4, -0.2) is 47.0 Å². The summed E-state index contributed by atoms with van der Waals surface area (Å²) in [6, 6.07) is 13.7. The van der Waals surface area contributed by atoms with Crippen LogP contribution in [0.2, 0.25) is 0 Å². The zero-order valence-corrected chi connectivity index (χ0v) is 19.6. The Labute approximate surface area is 202 Å². The maximum atomic E-state index is 13.4. The van der Waals surface area contributed by atoms with E-state index < -0.39 is 0 Å². The van der Waals surface area contributed by atoms with Gasteiger partial charge in [-0.25, -0.2) is 9.78 Å². The number of carbonyl (C=O) groups is 2. The van der Waals surface area contributed by atoms with Crippen molar-refractivity contribution in [3.8, 4) is 11.1 Å². The number of piperidine rings is 1. The molecule has 3 amide bonds. The van der Waals surface area contributed by atoms with Crippen LogP contribution in [0.15, 0.2) is 59.3 Å². The smallest absolute Gasteiger partial charge is 0.327 e. The Bertz CT molecular complexity index is 1160. The second-order valence-electron chi connectivity index (χ2n) is 9.36. The van der Waals surface area contributed by atoms with E-state index in [2.05, 4.69) is 20.9 Å². The first-order valence-corrected chi connectivity index (χ1v) is 12.8. The number of thioether (sulfide) groups is 1. The highest BCUT2D eigenvalue weighted by Gasteiger charge is 2.52. The summed E-state index contributed by atoms with van der Waals surface area (Å²) >= 11 is 1.52. The predicted molar refractivity (Wildman–Crippen MR) is 133 cm³/mol. The van der Waals surface area contributed by atoms with E-state index in [9.17, 15) is 9.59 Å². The number of carbonyl (C=O) groups excluding carboxylic acids is 2. The van der Waals surface area contributed by atoms with Crippen molar-refractivity contribution in [2.24, 2.45) is 11.7 Å². The second kappa shape index (κ2) is 8.72. The standard InChI is InChI=1S/C25H28N6O2S/c26-16-7-4-8-17(16)29-23(32)22-21-20-18(10-12-28-24(20)34-22)31(25(33)30-21)19-13-15(9-11-27-19)14-5-2-1-3-6-14/h1-3,5-6,9,11,13,16-18,20,24,28H,4,7-8,10,12,26H2,(H,29,32)(H,30,33)/t16-,17+,18?,20?,24?/m0/s1. The summed E-state index contributed by atoms with van der Waals surface area (Å²) < 4.78 is 0. The SMILES string of the molecule is N[C@H]1CCC[C@H]1NC(=O)C1=C2NC(=O)N(c3cc(-c4ccccc4)ccn3)C3CCNC(S1)C23. The van der Waals surface area contributed by atoms with Crippen LogP contribution in [0.25, 0.3) is 11.1 Å². The summed E-state index contributed by atoms with van der Waals surface area (Å²) in [5, 5.41) is 9.75. The monoisotopic (exact) mass is 476 g/mol. The normalized spacial score (nSPS) is 30.2. The number of hydrogen-bond donors (Lipinski definition) is 4. The lowest BCUT2D eigenvalue weighted by Crippen LogP contribution is -2.62. The van der Waals surface area contributed by atoms with Crippen molar-refractivity contribution in [3.63, 3.8) is 0 Å². The summed E-state index contributed by atoms with van der Waals surface area (Å²) in [4.78, 5) is 33.6. The van der Waals surface area contributed by atoms with Gasteiger partial charge in [0.1, 0.15) is 5.82 Å². The van der Waals surface area contributed by atoms with Gasteiger partial charge in [-0.1, -0.05) is 42.1 Å². The lowest BCUT2D eigenvalue weighted by atomic mass is 9.86. The highest BCUT2D eigenvalue weighted by atomic mass is 32.2. The molecule has 6 rings (SSSR count). The lowest BCUT2D eigenvalue weighted by Gasteiger charge is -2.45. The van der Waals surface area contributed by atoms with E-state index in [4.69, 9.17) is 5.73 Å². The molecule has 2 aromatic rings. The Kier molecular flexibility index (Phi) is 5.55. The number of nitrogens with two attached hydrogens (primary N) is 1. The molecular formula is C25H28N6O2S. The van der Waals surface area contributed by atoms with E-state index in [1.54, 1.807) is 11.1 Å². The summed E-state index contributed by atoms with van der Waals surface area (Å²) in [7, 11) is 0. The van der Waals surface area contributed by atoms with Crippen molar-refractivity contribution in [1.29, 1.82) is 0 Å². The zero-order valence-electron chi connectivity index (χ0n) is 18.7. The van der Waals surface area contributed by atoms with Gasteiger partial charge in [0.25, 0.3) is 5.91 Å². The lowest BCUT2D eigenvalue weighted by molar-refractivity contribution is -0.117. The third-order valence-electron chi connectivity index (χ3n) is 7.33. The van der Waals surface area contributed by atoms with E-state index >= 15 is 0 Å². The molecule has 176 valence electrons.